The molecule has 0 radical (unpaired) electrons. The van der Waals surface area contributed by atoms with E-state index in [1.807, 2.05) is 6.92 Å². The van der Waals surface area contributed by atoms with Crippen molar-refractivity contribution < 1.29 is 19.1 Å². The second-order valence-electron chi connectivity index (χ2n) is 7.17. The van der Waals surface area contributed by atoms with Crippen LogP contribution in [0.2, 0.25) is 5.28 Å². The van der Waals surface area contributed by atoms with Crippen LogP contribution in [0.5, 0.6) is 5.75 Å². The Morgan fingerprint density at radius 2 is 1.91 bits per heavy atom. The van der Waals surface area contributed by atoms with Crippen molar-refractivity contribution in [2.45, 2.75) is 46.4 Å². The molecule has 32 heavy (non-hydrogen) atoms. The summed E-state index contributed by atoms with van der Waals surface area (Å²) in [7, 11) is 1.36. The molecule has 0 saturated heterocycles. The minimum atomic E-state index is -1.05. The molecule has 11 heteroatoms. The van der Waals surface area contributed by atoms with Crippen molar-refractivity contribution in [3.8, 4) is 5.75 Å². The molecule has 0 aliphatic heterocycles. The van der Waals surface area contributed by atoms with Crippen LogP contribution in [0.1, 0.15) is 50.2 Å². The highest BCUT2D eigenvalue weighted by atomic mass is 35.5. The van der Waals surface area contributed by atoms with Gasteiger partial charge in [-0.1, -0.05) is 25.5 Å². The number of unbranched alkanes of at least 4 members (excludes halogenated alkanes) is 1. The first-order valence-electron chi connectivity index (χ1n) is 10.0. The Bertz CT molecular complexity index is 1310. The van der Waals surface area contributed by atoms with E-state index < -0.39 is 29.4 Å². The van der Waals surface area contributed by atoms with Gasteiger partial charge in [0.05, 0.1) is 0 Å². The molecule has 0 amide bonds. The Morgan fingerprint density at radius 3 is 2.56 bits per heavy atom. The van der Waals surface area contributed by atoms with Crippen molar-refractivity contribution in [1.29, 1.82) is 0 Å². The normalized spacial score (nSPS) is 12.0. The lowest BCUT2D eigenvalue weighted by Gasteiger charge is -2.17. The van der Waals surface area contributed by atoms with Crippen molar-refractivity contribution in [1.82, 2.24) is 18.7 Å². The van der Waals surface area contributed by atoms with E-state index in [4.69, 9.17) is 21.1 Å². The fraction of sp³-hybridized carbons (Fsp3) is 0.381. The number of benzene rings is 1. The predicted molar refractivity (Wildman–Crippen MR) is 117 cm³/mol. The summed E-state index contributed by atoms with van der Waals surface area (Å²) in [4.78, 5) is 53.8. The maximum absolute atomic E-state index is 12.9. The summed E-state index contributed by atoms with van der Waals surface area (Å²) in [6, 6.07) is 6.11. The highest BCUT2D eigenvalue weighted by molar-refractivity contribution is 6.29. The van der Waals surface area contributed by atoms with Gasteiger partial charge < -0.3 is 9.47 Å². The molecule has 1 unspecified atom stereocenters. The molecule has 170 valence electrons. The summed E-state index contributed by atoms with van der Waals surface area (Å²) < 4.78 is 14.2. The van der Waals surface area contributed by atoms with Gasteiger partial charge in [0, 0.05) is 20.5 Å². The summed E-state index contributed by atoms with van der Waals surface area (Å²) in [5.41, 5.74) is -0.915. The van der Waals surface area contributed by atoms with Crippen molar-refractivity contribution in [3.05, 3.63) is 56.0 Å². The molecule has 2 aromatic heterocycles. The Hall–Kier alpha value is -3.40. The molecular weight excluding hydrogens is 440 g/mol. The molecule has 0 aliphatic rings. The Morgan fingerprint density at radius 1 is 1.22 bits per heavy atom. The van der Waals surface area contributed by atoms with Gasteiger partial charge in [0.2, 0.25) is 5.28 Å². The van der Waals surface area contributed by atoms with Crippen LogP contribution in [0.3, 0.4) is 0 Å². The van der Waals surface area contributed by atoms with Gasteiger partial charge in [-0.25, -0.2) is 9.59 Å². The number of aryl methyl sites for hydroxylation is 1. The van der Waals surface area contributed by atoms with Crippen LogP contribution in [-0.4, -0.2) is 30.6 Å². The van der Waals surface area contributed by atoms with Crippen molar-refractivity contribution >= 4 is 34.7 Å². The number of aromatic nitrogens is 4. The van der Waals surface area contributed by atoms with Gasteiger partial charge in [0.25, 0.3) is 5.56 Å². The Balaban J connectivity index is 2.05. The average molecular weight is 463 g/mol. The maximum atomic E-state index is 12.9. The molecule has 2 heterocycles. The fourth-order valence-electron chi connectivity index (χ4n) is 3.30. The van der Waals surface area contributed by atoms with Gasteiger partial charge in [0.15, 0.2) is 17.4 Å². The van der Waals surface area contributed by atoms with Gasteiger partial charge in [-0.05, 0) is 37.1 Å². The highest BCUT2D eigenvalue weighted by Gasteiger charge is 2.25. The number of nitrogens with zero attached hydrogens (tertiary/aromatic N) is 4. The SMILES string of the molecule is CCCCn1c(=O)n(C)c(=O)c2c1nc(Cl)n2C(C)OC(=O)c1ccccc1OC(C)=O. The number of carbonyl (C=O) groups excluding carboxylic acids is 2. The number of carbonyl (C=O) groups is 2. The molecule has 1 atom stereocenters. The number of halogens is 1. The van der Waals surface area contributed by atoms with E-state index in [-0.39, 0.29) is 27.8 Å². The van der Waals surface area contributed by atoms with E-state index in [0.29, 0.717) is 13.0 Å². The largest absolute Gasteiger partial charge is 0.438 e. The van der Waals surface area contributed by atoms with Gasteiger partial charge in [-0.2, -0.15) is 4.98 Å². The number of para-hydroxylation sites is 1. The lowest BCUT2D eigenvalue weighted by atomic mass is 10.2. The van der Waals surface area contributed by atoms with Crippen molar-refractivity contribution in [3.63, 3.8) is 0 Å². The van der Waals surface area contributed by atoms with Crippen molar-refractivity contribution in [2.75, 3.05) is 0 Å². The number of hydrogen-bond acceptors (Lipinski definition) is 7. The summed E-state index contributed by atoms with van der Waals surface area (Å²) in [6.45, 7) is 5.07. The number of rotatable bonds is 7. The molecule has 0 spiro atoms. The monoisotopic (exact) mass is 462 g/mol. The molecule has 0 bridgehead atoms. The van der Waals surface area contributed by atoms with Gasteiger partial charge >= 0.3 is 17.6 Å². The standard InChI is InChI=1S/C21H23ClN4O6/c1-5-6-11-25-17-16(18(28)24(4)21(25)30)26(20(22)23-17)12(2)31-19(29)14-9-7-8-10-15(14)32-13(3)27/h7-10,12H,5-6,11H2,1-4H3. The van der Waals surface area contributed by atoms with Crippen LogP contribution < -0.4 is 16.0 Å². The third-order valence-electron chi connectivity index (χ3n) is 4.87. The van der Waals surface area contributed by atoms with Crippen LogP contribution in [0.4, 0.5) is 0 Å². The molecule has 3 aromatic rings. The third-order valence-corrected chi connectivity index (χ3v) is 5.13. The third kappa shape index (κ3) is 4.31. The van der Waals surface area contributed by atoms with E-state index in [2.05, 4.69) is 4.98 Å². The quantitative estimate of drug-likeness (QED) is 0.301. The number of hydrogen-bond donors (Lipinski definition) is 0. The number of ether oxygens (including phenoxy) is 2. The van der Waals surface area contributed by atoms with Crippen LogP contribution in [0.25, 0.3) is 11.2 Å². The van der Waals surface area contributed by atoms with Gasteiger partial charge in [-0.15, -0.1) is 0 Å². The molecule has 0 fully saturated rings. The highest BCUT2D eigenvalue weighted by Crippen LogP contribution is 2.26. The lowest BCUT2D eigenvalue weighted by molar-refractivity contribution is -0.131. The van der Waals surface area contributed by atoms with Crippen LogP contribution in [0.15, 0.2) is 33.9 Å². The molecule has 1 aromatic carbocycles. The maximum Gasteiger partial charge on any atom is 0.343 e. The summed E-state index contributed by atoms with van der Waals surface area (Å²) >= 11 is 6.30. The van der Waals surface area contributed by atoms with E-state index in [1.54, 1.807) is 12.1 Å². The zero-order valence-corrected chi connectivity index (χ0v) is 18.9. The van der Waals surface area contributed by atoms with E-state index >= 15 is 0 Å². The number of esters is 2. The van der Waals surface area contributed by atoms with Gasteiger partial charge in [0.1, 0.15) is 11.3 Å². The Kier molecular flexibility index (Phi) is 6.83. The molecule has 3 rings (SSSR count). The van der Waals surface area contributed by atoms with Crippen LogP contribution >= 0.6 is 11.6 Å². The second-order valence-corrected chi connectivity index (χ2v) is 7.51. The van der Waals surface area contributed by atoms with Gasteiger partial charge in [-0.3, -0.25) is 23.3 Å². The molecule has 0 N–H and O–H groups in total. The first kappa shape index (κ1) is 23.3. The molecule has 0 saturated carbocycles. The summed E-state index contributed by atoms with van der Waals surface area (Å²) in [6.07, 6.45) is 0.492. The smallest absolute Gasteiger partial charge is 0.343 e. The second kappa shape index (κ2) is 9.39. The predicted octanol–water partition coefficient (Wildman–Crippen LogP) is 2.65. The zero-order chi connectivity index (χ0) is 23.6. The van der Waals surface area contributed by atoms with Crippen LogP contribution in [-0.2, 0) is 23.1 Å². The first-order valence-corrected chi connectivity index (χ1v) is 10.4. The minimum Gasteiger partial charge on any atom is -0.438 e. The Labute approximate surface area is 187 Å². The topological polar surface area (TPSA) is 114 Å². The van der Waals surface area contributed by atoms with Crippen LogP contribution in [0, 0.1) is 0 Å². The van der Waals surface area contributed by atoms with E-state index in [1.165, 1.54) is 42.2 Å². The molecular formula is C21H23ClN4O6. The fourth-order valence-corrected chi connectivity index (χ4v) is 3.60. The summed E-state index contributed by atoms with van der Waals surface area (Å²) in [5, 5.41) is -0.110. The summed E-state index contributed by atoms with van der Waals surface area (Å²) in [5.74, 6) is -1.33. The van der Waals surface area contributed by atoms with Crippen molar-refractivity contribution in [2.24, 2.45) is 7.05 Å². The molecule has 0 aliphatic carbocycles. The number of imidazole rings is 1. The first-order chi connectivity index (χ1) is 15.2. The van der Waals surface area contributed by atoms with E-state index in [9.17, 15) is 19.2 Å². The average Bonchev–Trinajstić information content (AvgIpc) is 3.09. The van der Waals surface area contributed by atoms with E-state index in [0.717, 1.165) is 11.0 Å². The number of fused-ring (bicyclic) bond motifs is 1. The zero-order valence-electron chi connectivity index (χ0n) is 18.1. The molecule has 10 nitrogen and oxygen atoms in total. The minimum absolute atomic E-state index is 0.0304. The lowest BCUT2D eigenvalue weighted by Crippen LogP contribution is -2.39.